The zero-order valence-electron chi connectivity index (χ0n) is 12.7. The normalized spacial score (nSPS) is 12.8. The first kappa shape index (κ1) is 16.5. The van der Waals surface area contributed by atoms with Gasteiger partial charge in [-0.05, 0) is 43.5 Å². The SMILES string of the molecule is CCCC(CNC(C)C)Oc1cc(C)c(Br)c(C)c1. The molecule has 0 aliphatic carbocycles. The Morgan fingerprint density at radius 3 is 2.26 bits per heavy atom. The van der Waals surface area contributed by atoms with Gasteiger partial charge in [0.05, 0.1) is 0 Å². The molecule has 0 saturated heterocycles. The largest absolute Gasteiger partial charge is 0.489 e. The van der Waals surface area contributed by atoms with Crippen molar-refractivity contribution in [3.05, 3.63) is 27.7 Å². The molecule has 0 aliphatic heterocycles. The highest BCUT2D eigenvalue weighted by Gasteiger charge is 2.11. The highest BCUT2D eigenvalue weighted by molar-refractivity contribution is 9.10. The number of nitrogens with one attached hydrogen (secondary N) is 1. The van der Waals surface area contributed by atoms with E-state index in [9.17, 15) is 0 Å². The fourth-order valence-electron chi connectivity index (χ4n) is 2.06. The quantitative estimate of drug-likeness (QED) is 0.789. The molecule has 0 saturated carbocycles. The van der Waals surface area contributed by atoms with Gasteiger partial charge < -0.3 is 10.1 Å². The van der Waals surface area contributed by atoms with Crippen LogP contribution in [0.25, 0.3) is 0 Å². The van der Waals surface area contributed by atoms with Crippen molar-refractivity contribution in [3.63, 3.8) is 0 Å². The number of rotatable bonds is 7. The summed E-state index contributed by atoms with van der Waals surface area (Å²) in [6.07, 6.45) is 2.46. The molecule has 1 unspecified atom stereocenters. The number of hydrogen-bond donors (Lipinski definition) is 1. The smallest absolute Gasteiger partial charge is 0.120 e. The molecule has 0 aromatic heterocycles. The monoisotopic (exact) mass is 327 g/mol. The molecule has 1 rings (SSSR count). The van der Waals surface area contributed by atoms with Gasteiger partial charge in [-0.2, -0.15) is 0 Å². The summed E-state index contributed by atoms with van der Waals surface area (Å²) in [6, 6.07) is 4.71. The van der Waals surface area contributed by atoms with Crippen LogP contribution in [0.4, 0.5) is 0 Å². The van der Waals surface area contributed by atoms with E-state index < -0.39 is 0 Å². The molecular formula is C16H26BrNO. The van der Waals surface area contributed by atoms with Crippen molar-refractivity contribution in [2.75, 3.05) is 6.54 Å². The molecule has 0 fully saturated rings. The topological polar surface area (TPSA) is 21.3 Å². The van der Waals surface area contributed by atoms with Gasteiger partial charge in [-0.25, -0.2) is 0 Å². The summed E-state index contributed by atoms with van der Waals surface area (Å²) in [4.78, 5) is 0. The zero-order chi connectivity index (χ0) is 14.4. The highest BCUT2D eigenvalue weighted by Crippen LogP contribution is 2.27. The predicted molar refractivity (Wildman–Crippen MR) is 86.1 cm³/mol. The summed E-state index contributed by atoms with van der Waals surface area (Å²) in [5.41, 5.74) is 2.45. The minimum atomic E-state index is 0.243. The Morgan fingerprint density at radius 2 is 1.79 bits per heavy atom. The summed E-state index contributed by atoms with van der Waals surface area (Å²) in [7, 11) is 0. The second-order valence-corrected chi connectivity index (χ2v) is 6.26. The van der Waals surface area contributed by atoms with E-state index in [-0.39, 0.29) is 6.10 Å². The van der Waals surface area contributed by atoms with Gasteiger partial charge in [-0.15, -0.1) is 0 Å². The lowest BCUT2D eigenvalue weighted by atomic mass is 10.1. The molecule has 1 atom stereocenters. The lowest BCUT2D eigenvalue weighted by Crippen LogP contribution is -2.35. The maximum absolute atomic E-state index is 6.14. The molecular weight excluding hydrogens is 302 g/mol. The Hall–Kier alpha value is -0.540. The van der Waals surface area contributed by atoms with Crippen LogP contribution >= 0.6 is 15.9 Å². The van der Waals surface area contributed by atoms with Gasteiger partial charge in [0.1, 0.15) is 11.9 Å². The second-order valence-electron chi connectivity index (χ2n) is 5.46. The zero-order valence-corrected chi connectivity index (χ0v) is 14.3. The third-order valence-electron chi connectivity index (χ3n) is 3.08. The first-order valence-corrected chi connectivity index (χ1v) is 7.90. The van der Waals surface area contributed by atoms with Crippen LogP contribution in [-0.4, -0.2) is 18.7 Å². The van der Waals surface area contributed by atoms with Crippen LogP contribution < -0.4 is 10.1 Å². The van der Waals surface area contributed by atoms with Crippen molar-refractivity contribution in [1.29, 1.82) is 0 Å². The molecule has 0 spiro atoms. The number of ether oxygens (including phenoxy) is 1. The van der Waals surface area contributed by atoms with Crippen LogP contribution in [0.3, 0.4) is 0 Å². The molecule has 1 N–H and O–H groups in total. The van der Waals surface area contributed by atoms with Gasteiger partial charge in [0.15, 0.2) is 0 Å². The van der Waals surface area contributed by atoms with Crippen LogP contribution in [0.1, 0.15) is 44.7 Å². The van der Waals surface area contributed by atoms with Crippen LogP contribution in [0, 0.1) is 13.8 Å². The summed E-state index contributed by atoms with van der Waals surface area (Å²) in [6.45, 7) is 11.6. The van der Waals surface area contributed by atoms with E-state index >= 15 is 0 Å². The fraction of sp³-hybridized carbons (Fsp3) is 0.625. The standard InChI is InChI=1S/C16H26BrNO/c1-6-7-14(10-18-11(2)3)19-15-8-12(4)16(17)13(5)9-15/h8-9,11,14,18H,6-7,10H2,1-5H3. The average molecular weight is 328 g/mol. The van der Waals surface area contributed by atoms with Gasteiger partial charge in [-0.3, -0.25) is 0 Å². The first-order chi connectivity index (χ1) is 8.93. The summed E-state index contributed by atoms with van der Waals surface area (Å²) >= 11 is 3.59. The van der Waals surface area contributed by atoms with Gasteiger partial charge in [0.25, 0.3) is 0 Å². The third-order valence-corrected chi connectivity index (χ3v) is 4.33. The molecule has 0 bridgehead atoms. The Balaban J connectivity index is 2.72. The molecule has 1 aromatic carbocycles. The van der Waals surface area contributed by atoms with E-state index in [1.807, 2.05) is 0 Å². The number of aryl methyl sites for hydroxylation is 2. The Morgan fingerprint density at radius 1 is 1.21 bits per heavy atom. The number of benzene rings is 1. The van der Waals surface area contributed by atoms with E-state index in [2.05, 4.69) is 68.0 Å². The second kappa shape index (κ2) is 7.91. The number of halogens is 1. The highest BCUT2D eigenvalue weighted by atomic mass is 79.9. The Bertz CT molecular complexity index is 381. The molecule has 1 aromatic rings. The summed E-state index contributed by atoms with van der Waals surface area (Å²) < 4.78 is 7.31. The van der Waals surface area contributed by atoms with E-state index in [0.29, 0.717) is 6.04 Å². The van der Waals surface area contributed by atoms with Crippen LogP contribution in [0.2, 0.25) is 0 Å². The third kappa shape index (κ3) is 5.53. The minimum absolute atomic E-state index is 0.243. The first-order valence-electron chi connectivity index (χ1n) is 7.10. The van der Waals surface area contributed by atoms with Crippen molar-refractivity contribution in [1.82, 2.24) is 5.32 Å². The lowest BCUT2D eigenvalue weighted by Gasteiger charge is -2.21. The molecule has 0 heterocycles. The van der Waals surface area contributed by atoms with E-state index in [1.54, 1.807) is 0 Å². The van der Waals surface area contributed by atoms with Crippen molar-refractivity contribution in [2.45, 2.75) is 59.6 Å². The predicted octanol–water partition coefficient (Wildman–Crippen LogP) is 4.61. The molecule has 0 radical (unpaired) electrons. The maximum atomic E-state index is 6.14. The molecule has 2 nitrogen and oxygen atoms in total. The molecule has 19 heavy (non-hydrogen) atoms. The van der Waals surface area contributed by atoms with Gasteiger partial charge >= 0.3 is 0 Å². The van der Waals surface area contributed by atoms with Gasteiger partial charge in [0, 0.05) is 17.1 Å². The van der Waals surface area contributed by atoms with E-state index in [1.165, 1.54) is 15.6 Å². The van der Waals surface area contributed by atoms with E-state index in [4.69, 9.17) is 4.74 Å². The maximum Gasteiger partial charge on any atom is 0.120 e. The summed E-state index contributed by atoms with van der Waals surface area (Å²) in [5.74, 6) is 0.974. The van der Waals surface area contributed by atoms with Crippen molar-refractivity contribution in [2.24, 2.45) is 0 Å². The van der Waals surface area contributed by atoms with Gasteiger partial charge in [-0.1, -0.05) is 43.1 Å². The molecule has 0 aliphatic rings. The van der Waals surface area contributed by atoms with Crippen molar-refractivity contribution in [3.8, 4) is 5.75 Å². The number of hydrogen-bond acceptors (Lipinski definition) is 2. The Labute approximate surface area is 126 Å². The van der Waals surface area contributed by atoms with Crippen molar-refractivity contribution >= 4 is 15.9 Å². The van der Waals surface area contributed by atoms with E-state index in [0.717, 1.165) is 25.1 Å². The van der Waals surface area contributed by atoms with Crippen LogP contribution in [0.5, 0.6) is 5.75 Å². The molecule has 0 amide bonds. The lowest BCUT2D eigenvalue weighted by molar-refractivity contribution is 0.183. The fourth-order valence-corrected chi connectivity index (χ4v) is 2.29. The van der Waals surface area contributed by atoms with Crippen molar-refractivity contribution < 1.29 is 4.74 Å². The Kier molecular flexibility index (Phi) is 6.87. The van der Waals surface area contributed by atoms with Gasteiger partial charge in [0.2, 0.25) is 0 Å². The molecule has 108 valence electrons. The summed E-state index contributed by atoms with van der Waals surface area (Å²) in [5, 5.41) is 3.46. The van der Waals surface area contributed by atoms with Crippen LogP contribution in [-0.2, 0) is 0 Å². The van der Waals surface area contributed by atoms with Crippen LogP contribution in [0.15, 0.2) is 16.6 Å². The molecule has 3 heteroatoms. The minimum Gasteiger partial charge on any atom is -0.489 e. The average Bonchev–Trinajstić information content (AvgIpc) is 2.33.